The maximum absolute atomic E-state index is 7.62. The number of hydrogen-bond acceptors (Lipinski definition) is 2. The van der Waals surface area contributed by atoms with E-state index in [2.05, 4.69) is 0 Å². The molecule has 0 amide bonds. The molecule has 0 radical (unpaired) electrons. The largest absolute Gasteiger partial charge is 0.412 e. The standard InChI is InChI=1S/C2H6O2.4H2O.Ti/c3-1-2-4;;;;;/h3-4H,1-2H2;4*1H2;. The van der Waals surface area contributed by atoms with Crippen LogP contribution in [0.1, 0.15) is 0 Å². The second-order valence-corrected chi connectivity index (χ2v) is 0.447. The molecule has 9 heavy (non-hydrogen) atoms. The molecule has 0 aromatic carbocycles. The molecule has 6 nitrogen and oxygen atoms in total. The summed E-state index contributed by atoms with van der Waals surface area (Å²) in [7, 11) is 0. The van der Waals surface area contributed by atoms with E-state index < -0.39 is 0 Å². The van der Waals surface area contributed by atoms with Gasteiger partial charge in [0.05, 0.1) is 13.2 Å². The summed E-state index contributed by atoms with van der Waals surface area (Å²) in [4.78, 5) is 0. The molecular formula is C2H14O6Ti. The molecule has 0 heterocycles. The van der Waals surface area contributed by atoms with E-state index in [4.69, 9.17) is 10.2 Å². The Kier molecular flexibility index (Phi) is 484. The maximum atomic E-state index is 7.62. The van der Waals surface area contributed by atoms with Crippen molar-refractivity contribution in [3.8, 4) is 0 Å². The molecule has 0 spiro atoms. The van der Waals surface area contributed by atoms with Gasteiger partial charge in [0.15, 0.2) is 0 Å². The SMILES string of the molecule is O.O.O.O.OCCO.[Ti]. The Bertz CT molecular complexity index is 13.0. The molecule has 0 unspecified atom stereocenters. The van der Waals surface area contributed by atoms with Gasteiger partial charge in [0.25, 0.3) is 0 Å². The predicted octanol–water partition coefficient (Wildman–Crippen LogP) is -4.33. The van der Waals surface area contributed by atoms with Crippen LogP contribution in [0.2, 0.25) is 0 Å². The predicted molar refractivity (Wildman–Crippen MR) is 28.6 cm³/mol. The molecule has 0 atom stereocenters. The first kappa shape index (κ1) is 56.4. The van der Waals surface area contributed by atoms with Crippen molar-refractivity contribution in [2.75, 3.05) is 13.2 Å². The van der Waals surface area contributed by atoms with Gasteiger partial charge >= 0.3 is 0 Å². The quantitative estimate of drug-likeness (QED) is 0.391. The summed E-state index contributed by atoms with van der Waals surface area (Å²) < 4.78 is 0. The van der Waals surface area contributed by atoms with E-state index in [1.54, 1.807) is 0 Å². The summed E-state index contributed by atoms with van der Waals surface area (Å²) in [5, 5.41) is 15.2. The van der Waals surface area contributed by atoms with E-state index in [9.17, 15) is 0 Å². The third-order valence-corrected chi connectivity index (χ3v) is 0.1000. The molecule has 0 fully saturated rings. The van der Waals surface area contributed by atoms with Gasteiger partial charge in [-0.1, -0.05) is 0 Å². The molecule has 62 valence electrons. The maximum Gasteiger partial charge on any atom is 0.0662 e. The summed E-state index contributed by atoms with van der Waals surface area (Å²) in [5.74, 6) is 0. The summed E-state index contributed by atoms with van der Waals surface area (Å²) in [6.45, 7) is -0.250. The van der Waals surface area contributed by atoms with Crippen LogP contribution in [-0.2, 0) is 21.7 Å². The average Bonchev–Trinajstić information content (AvgIpc) is 1.37. The molecule has 0 saturated carbocycles. The zero-order valence-electron chi connectivity index (χ0n) is 4.81. The second kappa shape index (κ2) is 77.3. The van der Waals surface area contributed by atoms with Crippen molar-refractivity contribution >= 4 is 0 Å². The van der Waals surface area contributed by atoms with E-state index in [0.717, 1.165) is 0 Å². The van der Waals surface area contributed by atoms with Crippen molar-refractivity contribution in [3.63, 3.8) is 0 Å². The Hall–Kier alpha value is 0.474. The Morgan fingerprint density at radius 3 is 0.778 bits per heavy atom. The molecule has 0 bridgehead atoms. The van der Waals surface area contributed by atoms with Crippen LogP contribution in [-0.4, -0.2) is 45.3 Å². The first-order chi connectivity index (χ1) is 1.91. The van der Waals surface area contributed by atoms with Crippen molar-refractivity contribution in [3.05, 3.63) is 0 Å². The first-order valence-electron chi connectivity index (χ1n) is 1.13. The van der Waals surface area contributed by atoms with Crippen LogP contribution in [0.4, 0.5) is 0 Å². The van der Waals surface area contributed by atoms with E-state index in [1.165, 1.54) is 0 Å². The Morgan fingerprint density at radius 1 is 0.667 bits per heavy atom. The van der Waals surface area contributed by atoms with Gasteiger partial charge in [-0.25, -0.2) is 0 Å². The molecular weight excluding hydrogens is 168 g/mol. The number of rotatable bonds is 1. The number of hydrogen-bond donors (Lipinski definition) is 2. The van der Waals surface area contributed by atoms with Crippen molar-refractivity contribution in [2.24, 2.45) is 0 Å². The molecule has 10 N–H and O–H groups in total. The van der Waals surface area contributed by atoms with Gasteiger partial charge in [-0.15, -0.1) is 0 Å². The van der Waals surface area contributed by atoms with Crippen LogP contribution in [0.3, 0.4) is 0 Å². The smallest absolute Gasteiger partial charge is 0.0662 e. The summed E-state index contributed by atoms with van der Waals surface area (Å²) in [6.07, 6.45) is 0. The van der Waals surface area contributed by atoms with Gasteiger partial charge < -0.3 is 32.1 Å². The van der Waals surface area contributed by atoms with Crippen LogP contribution in [0, 0.1) is 0 Å². The third kappa shape index (κ3) is 163. The van der Waals surface area contributed by atoms with Gasteiger partial charge in [-0.3, -0.25) is 0 Å². The minimum atomic E-state index is -0.125. The number of aliphatic hydroxyl groups excluding tert-OH is 2. The Labute approximate surface area is 67.6 Å². The molecule has 0 saturated heterocycles. The van der Waals surface area contributed by atoms with E-state index >= 15 is 0 Å². The third-order valence-electron chi connectivity index (χ3n) is 0.1000. The summed E-state index contributed by atoms with van der Waals surface area (Å²) in [6, 6.07) is 0. The van der Waals surface area contributed by atoms with Crippen LogP contribution in [0.25, 0.3) is 0 Å². The van der Waals surface area contributed by atoms with Gasteiger partial charge in [0.2, 0.25) is 0 Å². The average molecular weight is 182 g/mol. The van der Waals surface area contributed by atoms with Gasteiger partial charge in [-0.2, -0.15) is 0 Å². The molecule has 0 aromatic rings. The van der Waals surface area contributed by atoms with Crippen LogP contribution < -0.4 is 0 Å². The van der Waals surface area contributed by atoms with Crippen molar-refractivity contribution < 1.29 is 53.8 Å². The Morgan fingerprint density at radius 2 is 0.778 bits per heavy atom. The first-order valence-corrected chi connectivity index (χ1v) is 1.13. The normalized spacial score (nSPS) is 3.33. The fourth-order valence-electron chi connectivity index (χ4n) is 0. The van der Waals surface area contributed by atoms with Crippen molar-refractivity contribution in [2.45, 2.75) is 0 Å². The zero-order valence-corrected chi connectivity index (χ0v) is 6.37. The minimum absolute atomic E-state index is 0. The van der Waals surface area contributed by atoms with Crippen molar-refractivity contribution in [1.29, 1.82) is 0 Å². The topological polar surface area (TPSA) is 166 Å². The summed E-state index contributed by atoms with van der Waals surface area (Å²) in [5.41, 5.74) is 0. The minimum Gasteiger partial charge on any atom is -0.412 e. The van der Waals surface area contributed by atoms with Crippen LogP contribution >= 0.6 is 0 Å². The molecule has 7 heteroatoms. The molecule has 0 aliphatic rings. The molecule has 0 aromatic heterocycles. The zero-order chi connectivity index (χ0) is 3.41. The van der Waals surface area contributed by atoms with Crippen molar-refractivity contribution in [1.82, 2.24) is 0 Å². The fraction of sp³-hybridized carbons (Fsp3) is 1.00. The number of aliphatic hydroxyl groups is 2. The molecule has 0 aliphatic heterocycles. The fourth-order valence-corrected chi connectivity index (χ4v) is 0. The van der Waals surface area contributed by atoms with E-state index in [0.29, 0.717) is 0 Å². The molecule has 0 aliphatic carbocycles. The molecule has 0 rings (SSSR count). The Balaban J connectivity index is -0.00000000450. The van der Waals surface area contributed by atoms with Crippen LogP contribution in [0.15, 0.2) is 0 Å². The summed E-state index contributed by atoms with van der Waals surface area (Å²) >= 11 is 0. The van der Waals surface area contributed by atoms with E-state index in [1.807, 2.05) is 0 Å². The van der Waals surface area contributed by atoms with E-state index in [-0.39, 0.29) is 56.8 Å². The monoisotopic (exact) mass is 182 g/mol. The van der Waals surface area contributed by atoms with Gasteiger partial charge in [-0.05, 0) is 0 Å². The van der Waals surface area contributed by atoms with Gasteiger partial charge in [0.1, 0.15) is 0 Å². The second-order valence-electron chi connectivity index (χ2n) is 0.447. The van der Waals surface area contributed by atoms with Crippen LogP contribution in [0.5, 0.6) is 0 Å². The van der Waals surface area contributed by atoms with Gasteiger partial charge in [0, 0.05) is 21.7 Å².